The maximum atomic E-state index is 11.9. The van der Waals surface area contributed by atoms with Crippen molar-refractivity contribution in [2.75, 3.05) is 19.8 Å². The molecule has 0 unspecified atom stereocenters. The minimum Gasteiger partial charge on any atom is -0.394 e. The van der Waals surface area contributed by atoms with E-state index in [9.17, 15) is 40.9 Å². The van der Waals surface area contributed by atoms with Crippen LogP contribution in [0.4, 0.5) is 0 Å². The number of hydrogen-bond donors (Lipinski definition) is 8. The van der Waals surface area contributed by atoms with E-state index >= 15 is 0 Å². The number of ether oxygens (including phenoxy) is 8. The summed E-state index contributed by atoms with van der Waals surface area (Å²) in [5.41, 5.74) is 1.54. The van der Waals surface area contributed by atoms with E-state index in [1.165, 1.54) is 18.9 Å². The van der Waals surface area contributed by atoms with Crippen LogP contribution < -0.4 is 0 Å². The lowest BCUT2D eigenvalue weighted by atomic mass is 9.47. The van der Waals surface area contributed by atoms with Gasteiger partial charge in [0.05, 0.1) is 38.1 Å². The SMILES string of the molecule is C[C@@H]1CC[C@@]2(OC1)O[C@H]1C[C@H]3[C@@H]4CC=C5C[C@@H](O[C@@H]6O[C@H](CO)[C@@H](O[C@@H]7OC[C@@H](O)[C@H](O)[C@H]7O)[C@H](O)[C@H]6O[C@@H]6O[C@@H](C)[C@H](O)[C@@H](O)[C@H]6O)CC[C@]5(C)[C@H]4CC[C@]3(C)[C@H]1[C@@H]2C. The molecule has 342 valence electrons. The molecular weight excluding hydrogens is 784 g/mol. The molecule has 9 aliphatic rings. The van der Waals surface area contributed by atoms with E-state index in [0.29, 0.717) is 48.3 Å². The van der Waals surface area contributed by atoms with Crippen molar-refractivity contribution >= 4 is 0 Å². The van der Waals surface area contributed by atoms with Gasteiger partial charge in [-0.25, -0.2) is 0 Å². The number of rotatable bonds is 7. The summed E-state index contributed by atoms with van der Waals surface area (Å²) in [5, 5.41) is 85.1. The Morgan fingerprint density at radius 1 is 0.733 bits per heavy atom. The molecule has 0 amide bonds. The van der Waals surface area contributed by atoms with Crippen molar-refractivity contribution < 1.29 is 78.7 Å². The summed E-state index contributed by atoms with van der Waals surface area (Å²) in [6.45, 7) is 10.9. The highest BCUT2D eigenvalue weighted by Gasteiger charge is 2.69. The van der Waals surface area contributed by atoms with Crippen LogP contribution in [0.1, 0.15) is 92.4 Å². The van der Waals surface area contributed by atoms with Crippen LogP contribution in [-0.2, 0) is 37.9 Å². The molecule has 0 aromatic carbocycles. The molecule has 8 fully saturated rings. The van der Waals surface area contributed by atoms with Gasteiger partial charge in [0.15, 0.2) is 24.7 Å². The first-order chi connectivity index (χ1) is 28.5. The zero-order chi connectivity index (χ0) is 42.6. The molecule has 5 saturated heterocycles. The average molecular weight is 855 g/mol. The van der Waals surface area contributed by atoms with Gasteiger partial charge in [-0.3, -0.25) is 0 Å². The molecule has 1 spiro atoms. The molecule has 3 saturated carbocycles. The number of fused-ring (bicyclic) bond motifs is 7. The Morgan fingerprint density at radius 3 is 2.22 bits per heavy atom. The Kier molecular flexibility index (Phi) is 12.2. The van der Waals surface area contributed by atoms with Gasteiger partial charge < -0.3 is 78.7 Å². The monoisotopic (exact) mass is 854 g/mol. The van der Waals surface area contributed by atoms with Gasteiger partial charge in [-0.15, -0.1) is 0 Å². The number of allylic oxidation sites excluding steroid dienone is 1. The van der Waals surface area contributed by atoms with Crippen molar-refractivity contribution in [2.45, 2.75) is 196 Å². The highest BCUT2D eigenvalue weighted by atomic mass is 16.8. The van der Waals surface area contributed by atoms with Gasteiger partial charge in [0.25, 0.3) is 0 Å². The number of aliphatic hydroxyl groups excluding tert-OH is 8. The summed E-state index contributed by atoms with van der Waals surface area (Å²) in [6, 6.07) is 0. The molecular formula is C44H70O16. The summed E-state index contributed by atoms with van der Waals surface area (Å²) in [7, 11) is 0. The Hall–Kier alpha value is -0.900. The first-order valence-electron chi connectivity index (χ1n) is 22.8. The smallest absolute Gasteiger partial charge is 0.187 e. The molecule has 16 heteroatoms. The van der Waals surface area contributed by atoms with E-state index in [0.717, 1.165) is 45.1 Å². The predicted molar refractivity (Wildman–Crippen MR) is 208 cm³/mol. The lowest BCUT2D eigenvalue weighted by Gasteiger charge is -2.58. The number of hydrogen-bond acceptors (Lipinski definition) is 16. The fraction of sp³-hybridized carbons (Fsp3) is 0.955. The van der Waals surface area contributed by atoms with E-state index in [1.807, 2.05) is 0 Å². The molecule has 0 aromatic heterocycles. The Morgan fingerprint density at radius 2 is 1.48 bits per heavy atom. The quantitative estimate of drug-likeness (QED) is 0.166. The second-order valence-electron chi connectivity index (χ2n) is 20.6. The Balaban J connectivity index is 0.913. The molecule has 8 N–H and O–H groups in total. The van der Waals surface area contributed by atoms with Crippen molar-refractivity contribution in [3.05, 3.63) is 11.6 Å². The van der Waals surface area contributed by atoms with Crippen LogP contribution in [0.3, 0.4) is 0 Å². The minimum atomic E-state index is -1.70. The van der Waals surface area contributed by atoms with Crippen LogP contribution in [0.5, 0.6) is 0 Å². The van der Waals surface area contributed by atoms with Crippen LogP contribution >= 0.6 is 0 Å². The number of aliphatic hydroxyl groups is 8. The summed E-state index contributed by atoms with van der Waals surface area (Å²) < 4.78 is 49.8. The van der Waals surface area contributed by atoms with Crippen molar-refractivity contribution in [3.63, 3.8) is 0 Å². The van der Waals surface area contributed by atoms with E-state index in [2.05, 4.69) is 33.8 Å². The highest BCUT2D eigenvalue weighted by molar-refractivity contribution is 5.26. The van der Waals surface area contributed by atoms with Crippen molar-refractivity contribution in [2.24, 2.45) is 46.3 Å². The molecule has 0 radical (unpaired) electrons. The van der Waals surface area contributed by atoms with Crippen LogP contribution in [0.15, 0.2) is 11.6 Å². The van der Waals surface area contributed by atoms with E-state index in [1.54, 1.807) is 0 Å². The second kappa shape index (κ2) is 16.5. The van der Waals surface area contributed by atoms with E-state index in [-0.39, 0.29) is 29.6 Å². The molecule has 25 atom stereocenters. The van der Waals surface area contributed by atoms with E-state index in [4.69, 9.17) is 37.9 Å². The molecule has 60 heavy (non-hydrogen) atoms. The second-order valence-corrected chi connectivity index (χ2v) is 20.6. The zero-order valence-electron chi connectivity index (χ0n) is 35.6. The topological polar surface area (TPSA) is 236 Å². The van der Waals surface area contributed by atoms with Crippen LogP contribution in [0.25, 0.3) is 0 Å². The summed E-state index contributed by atoms with van der Waals surface area (Å²) in [4.78, 5) is 0. The van der Waals surface area contributed by atoms with Crippen molar-refractivity contribution in [1.82, 2.24) is 0 Å². The molecule has 9 rings (SSSR count). The van der Waals surface area contributed by atoms with Crippen molar-refractivity contribution in [1.29, 1.82) is 0 Å². The third-order valence-electron chi connectivity index (χ3n) is 17.3. The standard InChI is InChI=1S/C44H70O16/c1-19-8-13-44(54-17-19)20(2)30-28(60-44)15-26-24-7-6-22-14-23(9-11-42(22,4)25(24)10-12-43(26,30)5)56-41-38(59-40-35(51)33(49)31(47)21(3)55-40)36(52)37(29(16-45)57-41)58-39-34(50)32(48)27(46)18-53-39/h6,19-21,23-41,45-52H,7-18H2,1-5H3/t19-,20+,21+,23+,24-,25+,26+,27-,28+,29-,30+,31+,32+,33-,34-,35-,36+,37-,38-,39+,40+,41-,42+,43+,44-/m1/s1. The molecule has 5 heterocycles. The predicted octanol–water partition coefficient (Wildman–Crippen LogP) is 0.853. The largest absolute Gasteiger partial charge is 0.394 e. The van der Waals surface area contributed by atoms with Gasteiger partial charge >= 0.3 is 0 Å². The maximum Gasteiger partial charge on any atom is 0.187 e. The van der Waals surface area contributed by atoms with Gasteiger partial charge in [-0.2, -0.15) is 0 Å². The normalized spacial score (nSPS) is 57.9. The third kappa shape index (κ3) is 7.19. The Bertz CT molecular complexity index is 1560. The first-order valence-corrected chi connectivity index (χ1v) is 22.8. The zero-order valence-corrected chi connectivity index (χ0v) is 35.6. The van der Waals surface area contributed by atoms with Crippen LogP contribution in [0.2, 0.25) is 0 Å². The van der Waals surface area contributed by atoms with Gasteiger partial charge in [0.1, 0.15) is 61.0 Å². The molecule has 0 aromatic rings. The maximum absolute atomic E-state index is 11.9. The van der Waals surface area contributed by atoms with Crippen LogP contribution in [-0.4, -0.2) is 165 Å². The molecule has 0 bridgehead atoms. The average Bonchev–Trinajstić information content (AvgIpc) is 3.68. The lowest BCUT2D eigenvalue weighted by Crippen LogP contribution is -2.66. The third-order valence-corrected chi connectivity index (χ3v) is 17.3. The van der Waals surface area contributed by atoms with Gasteiger partial charge in [0.2, 0.25) is 0 Å². The molecule has 16 nitrogen and oxygen atoms in total. The minimum absolute atomic E-state index is 0.0142. The lowest BCUT2D eigenvalue weighted by molar-refractivity contribution is -0.385. The van der Waals surface area contributed by atoms with Crippen molar-refractivity contribution in [3.8, 4) is 0 Å². The van der Waals surface area contributed by atoms with Gasteiger partial charge in [-0.1, -0.05) is 39.3 Å². The van der Waals surface area contributed by atoms with Gasteiger partial charge in [-0.05, 0) is 98.7 Å². The first kappa shape index (κ1) is 44.3. The fourth-order valence-corrected chi connectivity index (χ4v) is 13.7. The van der Waals surface area contributed by atoms with E-state index < -0.39 is 98.4 Å². The molecule has 4 aliphatic carbocycles. The summed E-state index contributed by atoms with van der Waals surface area (Å²) in [6.07, 6.45) is -9.25. The fourth-order valence-electron chi connectivity index (χ4n) is 13.7. The molecule has 5 aliphatic heterocycles. The highest BCUT2D eigenvalue weighted by Crippen LogP contribution is 2.70. The Labute approximate surface area is 352 Å². The summed E-state index contributed by atoms with van der Waals surface area (Å²) >= 11 is 0. The van der Waals surface area contributed by atoms with Gasteiger partial charge in [0, 0.05) is 12.3 Å². The van der Waals surface area contributed by atoms with Crippen LogP contribution in [0, 0.1) is 46.3 Å². The summed E-state index contributed by atoms with van der Waals surface area (Å²) in [5.74, 6) is 2.65.